The standard InChI is InChI=1S/C13H20N4OS/c1-2-9-8-17(5-6-19-9)13(18)12-10-7-14-4-3-11(10)15-16-12/h9,14H,2-8H2,1H3,(H,15,16). The van der Waals surface area contributed by atoms with Crippen molar-refractivity contribution < 1.29 is 4.79 Å². The fraction of sp³-hybridized carbons (Fsp3) is 0.692. The van der Waals surface area contributed by atoms with Gasteiger partial charge in [0.25, 0.3) is 5.91 Å². The average Bonchev–Trinajstić information content (AvgIpc) is 2.90. The molecule has 0 saturated carbocycles. The van der Waals surface area contributed by atoms with Gasteiger partial charge in [-0.2, -0.15) is 16.9 Å². The summed E-state index contributed by atoms with van der Waals surface area (Å²) >= 11 is 1.98. The number of nitrogens with zero attached hydrogens (tertiary/aromatic N) is 2. The number of aromatic amines is 1. The van der Waals surface area contributed by atoms with Gasteiger partial charge in [0.2, 0.25) is 0 Å². The van der Waals surface area contributed by atoms with Crippen molar-refractivity contribution in [1.82, 2.24) is 20.4 Å². The Bertz CT molecular complexity index is 473. The van der Waals surface area contributed by atoms with Gasteiger partial charge >= 0.3 is 0 Å². The Hall–Kier alpha value is -1.01. The molecule has 1 saturated heterocycles. The van der Waals surface area contributed by atoms with Gasteiger partial charge in [-0.15, -0.1) is 0 Å². The SMILES string of the molecule is CCC1CN(C(=O)c2n[nH]c3c2CNCC3)CCS1. The highest BCUT2D eigenvalue weighted by molar-refractivity contribution is 8.00. The largest absolute Gasteiger partial charge is 0.335 e. The van der Waals surface area contributed by atoms with Crippen LogP contribution in [0.25, 0.3) is 0 Å². The van der Waals surface area contributed by atoms with Gasteiger partial charge in [-0.3, -0.25) is 9.89 Å². The lowest BCUT2D eigenvalue weighted by Gasteiger charge is -2.31. The second kappa shape index (κ2) is 5.54. The van der Waals surface area contributed by atoms with E-state index in [1.165, 1.54) is 0 Å². The van der Waals surface area contributed by atoms with E-state index in [9.17, 15) is 4.79 Å². The van der Waals surface area contributed by atoms with Gasteiger partial charge in [0, 0.05) is 54.9 Å². The summed E-state index contributed by atoms with van der Waals surface area (Å²) in [7, 11) is 0. The van der Waals surface area contributed by atoms with Crippen molar-refractivity contribution in [3.05, 3.63) is 17.0 Å². The van der Waals surface area contributed by atoms with Crippen LogP contribution in [0.1, 0.15) is 35.1 Å². The molecule has 0 bridgehead atoms. The highest BCUT2D eigenvalue weighted by Crippen LogP contribution is 2.24. The van der Waals surface area contributed by atoms with E-state index in [0.717, 1.165) is 56.0 Å². The van der Waals surface area contributed by atoms with Crippen LogP contribution in [0.2, 0.25) is 0 Å². The van der Waals surface area contributed by atoms with E-state index in [0.29, 0.717) is 10.9 Å². The van der Waals surface area contributed by atoms with Gasteiger partial charge in [0.15, 0.2) is 5.69 Å². The highest BCUT2D eigenvalue weighted by Gasteiger charge is 2.28. The summed E-state index contributed by atoms with van der Waals surface area (Å²) in [4.78, 5) is 14.6. The number of thioether (sulfide) groups is 1. The predicted molar refractivity (Wildman–Crippen MR) is 76.4 cm³/mol. The van der Waals surface area contributed by atoms with E-state index in [2.05, 4.69) is 22.4 Å². The maximum atomic E-state index is 12.6. The van der Waals surface area contributed by atoms with E-state index in [1.807, 2.05) is 16.7 Å². The van der Waals surface area contributed by atoms with Gasteiger partial charge in [-0.1, -0.05) is 6.92 Å². The Morgan fingerprint density at radius 1 is 1.58 bits per heavy atom. The molecule has 104 valence electrons. The van der Waals surface area contributed by atoms with Crippen molar-refractivity contribution in [2.75, 3.05) is 25.4 Å². The van der Waals surface area contributed by atoms with Gasteiger partial charge in [0.05, 0.1) is 0 Å². The van der Waals surface area contributed by atoms with Gasteiger partial charge in [-0.05, 0) is 6.42 Å². The van der Waals surface area contributed by atoms with Crippen molar-refractivity contribution >= 4 is 17.7 Å². The summed E-state index contributed by atoms with van der Waals surface area (Å²) < 4.78 is 0. The van der Waals surface area contributed by atoms with Crippen molar-refractivity contribution in [2.24, 2.45) is 0 Å². The van der Waals surface area contributed by atoms with Crippen molar-refractivity contribution in [2.45, 2.75) is 31.6 Å². The van der Waals surface area contributed by atoms with Gasteiger partial charge in [-0.25, -0.2) is 0 Å². The first-order valence-electron chi connectivity index (χ1n) is 6.97. The van der Waals surface area contributed by atoms with E-state index in [4.69, 9.17) is 0 Å². The molecule has 5 nitrogen and oxygen atoms in total. The van der Waals surface area contributed by atoms with E-state index < -0.39 is 0 Å². The molecule has 1 unspecified atom stereocenters. The van der Waals surface area contributed by atoms with Crippen molar-refractivity contribution in [3.63, 3.8) is 0 Å². The van der Waals surface area contributed by atoms with Crippen molar-refractivity contribution in [3.8, 4) is 0 Å². The lowest BCUT2D eigenvalue weighted by Crippen LogP contribution is -2.42. The molecule has 3 heterocycles. The van der Waals surface area contributed by atoms with E-state index in [-0.39, 0.29) is 5.91 Å². The number of carbonyl (C=O) groups is 1. The van der Waals surface area contributed by atoms with Crippen LogP contribution in [0.15, 0.2) is 0 Å². The molecule has 6 heteroatoms. The number of carbonyl (C=O) groups excluding carboxylic acids is 1. The first-order valence-corrected chi connectivity index (χ1v) is 8.02. The lowest BCUT2D eigenvalue weighted by atomic mass is 10.1. The molecule has 2 aliphatic heterocycles. The Morgan fingerprint density at radius 2 is 2.47 bits per heavy atom. The number of H-pyrrole nitrogens is 1. The first kappa shape index (κ1) is 13.0. The fourth-order valence-corrected chi connectivity index (χ4v) is 3.88. The Labute approximate surface area is 117 Å². The van der Waals surface area contributed by atoms with E-state index in [1.54, 1.807) is 0 Å². The normalized spacial score (nSPS) is 23.2. The smallest absolute Gasteiger partial charge is 0.274 e. The maximum absolute atomic E-state index is 12.6. The predicted octanol–water partition coefficient (Wildman–Crippen LogP) is 1.02. The summed E-state index contributed by atoms with van der Waals surface area (Å²) in [6.07, 6.45) is 2.05. The van der Waals surface area contributed by atoms with Crippen LogP contribution in [0.3, 0.4) is 0 Å². The number of aromatic nitrogens is 2. The quantitative estimate of drug-likeness (QED) is 0.849. The third kappa shape index (κ3) is 2.51. The molecule has 0 spiro atoms. The Morgan fingerprint density at radius 3 is 3.32 bits per heavy atom. The van der Waals surface area contributed by atoms with Crippen molar-refractivity contribution in [1.29, 1.82) is 0 Å². The molecule has 19 heavy (non-hydrogen) atoms. The van der Waals surface area contributed by atoms with Crippen LogP contribution < -0.4 is 5.32 Å². The fourth-order valence-electron chi connectivity index (χ4n) is 2.70. The second-order valence-electron chi connectivity index (χ2n) is 5.11. The molecule has 1 atom stereocenters. The first-order chi connectivity index (χ1) is 9.29. The molecule has 2 N–H and O–H groups in total. The maximum Gasteiger partial charge on any atom is 0.274 e. The molecule has 0 radical (unpaired) electrons. The molecular weight excluding hydrogens is 260 g/mol. The molecule has 0 aliphatic carbocycles. The third-order valence-electron chi connectivity index (χ3n) is 3.89. The molecule has 0 aromatic carbocycles. The Kier molecular flexibility index (Phi) is 3.79. The molecule has 1 amide bonds. The van der Waals surface area contributed by atoms with E-state index >= 15 is 0 Å². The minimum absolute atomic E-state index is 0.0972. The summed E-state index contributed by atoms with van der Waals surface area (Å²) in [6, 6.07) is 0. The molecule has 3 rings (SSSR count). The van der Waals surface area contributed by atoms with Crippen LogP contribution in [0.4, 0.5) is 0 Å². The molecule has 1 fully saturated rings. The minimum atomic E-state index is 0.0972. The number of rotatable bonds is 2. The molecule has 1 aromatic heterocycles. The second-order valence-corrected chi connectivity index (χ2v) is 6.52. The van der Waals surface area contributed by atoms with Crippen LogP contribution in [0, 0.1) is 0 Å². The number of fused-ring (bicyclic) bond motifs is 1. The number of amides is 1. The monoisotopic (exact) mass is 280 g/mol. The zero-order chi connectivity index (χ0) is 13.2. The number of nitrogens with one attached hydrogen (secondary N) is 2. The molecule has 1 aromatic rings. The molecular formula is C13H20N4OS. The highest BCUT2D eigenvalue weighted by atomic mass is 32.2. The zero-order valence-electron chi connectivity index (χ0n) is 11.2. The number of hydrogen-bond acceptors (Lipinski definition) is 4. The van der Waals surface area contributed by atoms with Gasteiger partial charge in [0.1, 0.15) is 0 Å². The Balaban J connectivity index is 1.78. The average molecular weight is 280 g/mol. The summed E-state index contributed by atoms with van der Waals surface area (Å²) in [5.41, 5.74) is 2.83. The lowest BCUT2D eigenvalue weighted by molar-refractivity contribution is 0.0753. The topological polar surface area (TPSA) is 61.0 Å². The van der Waals surface area contributed by atoms with Crippen LogP contribution in [-0.4, -0.2) is 51.6 Å². The van der Waals surface area contributed by atoms with Crippen LogP contribution in [0.5, 0.6) is 0 Å². The minimum Gasteiger partial charge on any atom is -0.335 e. The zero-order valence-corrected chi connectivity index (χ0v) is 12.1. The summed E-state index contributed by atoms with van der Waals surface area (Å²) in [5, 5.41) is 11.2. The summed E-state index contributed by atoms with van der Waals surface area (Å²) in [6.45, 7) is 5.60. The van der Waals surface area contributed by atoms with Crippen LogP contribution in [-0.2, 0) is 13.0 Å². The van der Waals surface area contributed by atoms with Crippen LogP contribution >= 0.6 is 11.8 Å². The number of hydrogen-bond donors (Lipinski definition) is 2. The third-order valence-corrected chi connectivity index (χ3v) is 5.26. The van der Waals surface area contributed by atoms with Gasteiger partial charge < -0.3 is 10.2 Å². The summed E-state index contributed by atoms with van der Waals surface area (Å²) in [5.74, 6) is 1.13. The molecule has 2 aliphatic rings.